The Morgan fingerprint density at radius 1 is 0.963 bits per heavy atom. The Bertz CT molecular complexity index is 914. The van der Waals surface area contributed by atoms with Crippen LogP contribution in [0.25, 0.3) is 11.4 Å². The number of aryl methyl sites for hydroxylation is 2. The lowest BCUT2D eigenvalue weighted by Gasteiger charge is -2.33. The molecule has 1 fully saturated rings. The van der Waals surface area contributed by atoms with Crippen LogP contribution >= 0.6 is 0 Å². The highest BCUT2D eigenvalue weighted by Crippen LogP contribution is 2.20. The molecule has 0 unspecified atom stereocenters. The largest absolute Gasteiger partial charge is 0.361 e. The van der Waals surface area contributed by atoms with Gasteiger partial charge in [0.25, 0.3) is 0 Å². The molecule has 8 heteroatoms. The van der Waals surface area contributed by atoms with Gasteiger partial charge in [-0.3, -0.25) is 9.80 Å². The minimum absolute atomic E-state index is 0.266. The molecule has 2 aromatic heterocycles. The molecule has 0 bridgehead atoms. The molecule has 3 aromatic rings. The molecular formula is C19H22FN5O2. The molecule has 0 radical (unpaired) electrons. The molecule has 0 spiro atoms. The highest BCUT2D eigenvalue weighted by molar-refractivity contribution is 5.54. The van der Waals surface area contributed by atoms with Crippen molar-refractivity contribution in [2.75, 3.05) is 26.2 Å². The van der Waals surface area contributed by atoms with Crippen molar-refractivity contribution < 1.29 is 13.4 Å². The summed E-state index contributed by atoms with van der Waals surface area (Å²) in [7, 11) is 0. The molecule has 1 saturated heterocycles. The third kappa shape index (κ3) is 4.23. The van der Waals surface area contributed by atoms with E-state index in [4.69, 9.17) is 9.05 Å². The smallest absolute Gasteiger partial charge is 0.241 e. The van der Waals surface area contributed by atoms with Crippen LogP contribution in [0.4, 0.5) is 4.39 Å². The van der Waals surface area contributed by atoms with E-state index in [2.05, 4.69) is 25.1 Å². The van der Waals surface area contributed by atoms with Crippen molar-refractivity contribution in [1.82, 2.24) is 25.1 Å². The Labute approximate surface area is 156 Å². The molecule has 1 aliphatic rings. The minimum Gasteiger partial charge on any atom is -0.361 e. The van der Waals surface area contributed by atoms with Crippen molar-refractivity contribution in [2.24, 2.45) is 0 Å². The molecule has 0 aliphatic carbocycles. The first kappa shape index (κ1) is 17.8. The van der Waals surface area contributed by atoms with E-state index in [1.165, 1.54) is 6.07 Å². The third-order valence-electron chi connectivity index (χ3n) is 4.78. The average Bonchev–Trinajstić information content (AvgIpc) is 3.28. The summed E-state index contributed by atoms with van der Waals surface area (Å²) in [6.45, 7) is 8.73. The summed E-state index contributed by atoms with van der Waals surface area (Å²) >= 11 is 0. The summed E-state index contributed by atoms with van der Waals surface area (Å²) in [5, 5.41) is 8.04. The van der Waals surface area contributed by atoms with Crippen LogP contribution in [0.3, 0.4) is 0 Å². The third-order valence-corrected chi connectivity index (χ3v) is 4.78. The predicted octanol–water partition coefficient (Wildman–Crippen LogP) is 2.80. The van der Waals surface area contributed by atoms with Gasteiger partial charge in [0.2, 0.25) is 11.7 Å². The second-order valence-electron chi connectivity index (χ2n) is 6.96. The summed E-state index contributed by atoms with van der Waals surface area (Å²) in [5.41, 5.74) is 2.19. The van der Waals surface area contributed by atoms with Crippen LogP contribution in [0.1, 0.15) is 22.9 Å². The van der Waals surface area contributed by atoms with E-state index in [0.29, 0.717) is 29.4 Å². The van der Waals surface area contributed by atoms with Crippen LogP contribution < -0.4 is 0 Å². The van der Waals surface area contributed by atoms with Gasteiger partial charge in [-0.15, -0.1) is 0 Å². The molecule has 142 valence electrons. The summed E-state index contributed by atoms with van der Waals surface area (Å²) in [5.74, 6) is 1.54. The maximum Gasteiger partial charge on any atom is 0.241 e. The van der Waals surface area contributed by atoms with Crippen molar-refractivity contribution in [3.05, 3.63) is 53.0 Å². The SMILES string of the molecule is Cc1cc(CN2CCN(Cc3nc(-c4ccc(C)c(F)c4)no3)CC2)no1. The van der Waals surface area contributed by atoms with Crippen LogP contribution in [0.15, 0.2) is 33.3 Å². The molecule has 7 nitrogen and oxygen atoms in total. The van der Waals surface area contributed by atoms with Crippen LogP contribution in [0.5, 0.6) is 0 Å². The first-order chi connectivity index (χ1) is 13.1. The van der Waals surface area contributed by atoms with Crippen LogP contribution in [0, 0.1) is 19.7 Å². The number of benzene rings is 1. The zero-order valence-corrected chi connectivity index (χ0v) is 15.5. The van der Waals surface area contributed by atoms with Crippen LogP contribution in [0.2, 0.25) is 0 Å². The zero-order chi connectivity index (χ0) is 18.8. The lowest BCUT2D eigenvalue weighted by atomic mass is 10.1. The van der Waals surface area contributed by atoms with Crippen molar-refractivity contribution in [1.29, 1.82) is 0 Å². The van der Waals surface area contributed by atoms with E-state index in [1.54, 1.807) is 19.1 Å². The summed E-state index contributed by atoms with van der Waals surface area (Å²) in [6, 6.07) is 6.93. The van der Waals surface area contributed by atoms with E-state index in [-0.39, 0.29) is 5.82 Å². The van der Waals surface area contributed by atoms with Gasteiger partial charge in [-0.05, 0) is 25.5 Å². The summed E-state index contributed by atoms with van der Waals surface area (Å²) in [6.07, 6.45) is 0. The van der Waals surface area contributed by atoms with Gasteiger partial charge in [-0.1, -0.05) is 22.4 Å². The van der Waals surface area contributed by atoms with Crippen molar-refractivity contribution in [3.8, 4) is 11.4 Å². The average molecular weight is 371 g/mol. The lowest BCUT2D eigenvalue weighted by molar-refractivity contribution is 0.110. The molecule has 4 rings (SSSR count). The van der Waals surface area contributed by atoms with Crippen molar-refractivity contribution in [2.45, 2.75) is 26.9 Å². The fraction of sp³-hybridized carbons (Fsp3) is 0.421. The fourth-order valence-corrected chi connectivity index (χ4v) is 3.19. The first-order valence-electron chi connectivity index (χ1n) is 9.03. The molecule has 0 amide bonds. The predicted molar refractivity (Wildman–Crippen MR) is 96.2 cm³/mol. The van der Waals surface area contributed by atoms with Gasteiger partial charge in [0, 0.05) is 44.4 Å². The first-order valence-corrected chi connectivity index (χ1v) is 9.03. The number of hydrogen-bond donors (Lipinski definition) is 0. The molecule has 3 heterocycles. The maximum atomic E-state index is 13.7. The number of aromatic nitrogens is 3. The Hall–Kier alpha value is -2.58. The molecule has 27 heavy (non-hydrogen) atoms. The highest BCUT2D eigenvalue weighted by Gasteiger charge is 2.20. The fourth-order valence-electron chi connectivity index (χ4n) is 3.19. The second kappa shape index (κ2) is 7.58. The molecular weight excluding hydrogens is 349 g/mol. The van der Waals surface area contributed by atoms with Gasteiger partial charge < -0.3 is 9.05 Å². The van der Waals surface area contributed by atoms with Crippen LogP contribution in [-0.4, -0.2) is 51.3 Å². The van der Waals surface area contributed by atoms with Gasteiger partial charge >= 0.3 is 0 Å². The van der Waals surface area contributed by atoms with E-state index < -0.39 is 0 Å². The number of nitrogens with zero attached hydrogens (tertiary/aromatic N) is 5. The second-order valence-corrected chi connectivity index (χ2v) is 6.96. The van der Waals surface area contributed by atoms with Crippen LogP contribution in [-0.2, 0) is 13.1 Å². The number of rotatable bonds is 5. The zero-order valence-electron chi connectivity index (χ0n) is 15.5. The van der Waals surface area contributed by atoms with E-state index >= 15 is 0 Å². The maximum absolute atomic E-state index is 13.7. The van der Waals surface area contributed by atoms with E-state index in [9.17, 15) is 4.39 Å². The topological polar surface area (TPSA) is 71.4 Å². The normalized spacial score (nSPS) is 16.1. The monoisotopic (exact) mass is 371 g/mol. The number of piperazine rings is 1. The highest BCUT2D eigenvalue weighted by atomic mass is 19.1. The standard InChI is InChI=1S/C19H22FN5O2/c1-13-3-4-15(10-17(13)20)19-21-18(27-23-19)12-25-7-5-24(6-8-25)11-16-9-14(2)26-22-16/h3-4,9-10H,5-8,11-12H2,1-2H3. The Kier molecular flexibility index (Phi) is 5.00. The molecule has 0 atom stereocenters. The van der Waals surface area contributed by atoms with E-state index in [0.717, 1.165) is 44.2 Å². The summed E-state index contributed by atoms with van der Waals surface area (Å²) < 4.78 is 24.2. The minimum atomic E-state index is -0.266. The molecule has 1 aromatic carbocycles. The van der Waals surface area contributed by atoms with E-state index in [1.807, 2.05) is 13.0 Å². The lowest BCUT2D eigenvalue weighted by Crippen LogP contribution is -2.45. The Balaban J connectivity index is 1.31. The molecule has 0 N–H and O–H groups in total. The summed E-state index contributed by atoms with van der Waals surface area (Å²) in [4.78, 5) is 9.04. The van der Waals surface area contributed by atoms with Gasteiger partial charge in [-0.2, -0.15) is 4.98 Å². The quantitative estimate of drug-likeness (QED) is 0.683. The number of hydrogen-bond acceptors (Lipinski definition) is 7. The van der Waals surface area contributed by atoms with Gasteiger partial charge in [-0.25, -0.2) is 4.39 Å². The molecule has 0 saturated carbocycles. The number of halogens is 1. The van der Waals surface area contributed by atoms with Gasteiger partial charge in [0.05, 0.1) is 12.2 Å². The van der Waals surface area contributed by atoms with Crippen molar-refractivity contribution in [3.63, 3.8) is 0 Å². The molecule has 1 aliphatic heterocycles. The Morgan fingerprint density at radius 3 is 2.37 bits per heavy atom. The van der Waals surface area contributed by atoms with Crippen molar-refractivity contribution >= 4 is 0 Å². The van der Waals surface area contributed by atoms with Gasteiger partial charge in [0.15, 0.2) is 0 Å². The van der Waals surface area contributed by atoms with Gasteiger partial charge in [0.1, 0.15) is 11.6 Å². The Morgan fingerprint density at radius 2 is 1.70 bits per heavy atom.